The molecule has 1 amide bonds. The SMILES string of the molecule is C=CC(N)=O.CCCCCCCCCCOC(=O)CCCCC(=O)OCCCCCCCCCC.[Ag]. The number of hydrogen-bond donors (Lipinski definition) is 1. The molecule has 0 saturated carbocycles. The second-order valence-electron chi connectivity index (χ2n) is 9.20. The van der Waals surface area contributed by atoms with Gasteiger partial charge in [-0.1, -0.05) is 110 Å². The molecule has 0 aromatic rings. The van der Waals surface area contributed by atoms with Gasteiger partial charge in [0.2, 0.25) is 5.91 Å². The average Bonchev–Trinajstić information content (AvgIpc) is 2.85. The summed E-state index contributed by atoms with van der Waals surface area (Å²) in [5.41, 5.74) is 4.53. The van der Waals surface area contributed by atoms with E-state index in [0.29, 0.717) is 38.9 Å². The molecule has 2 N–H and O–H groups in total. The van der Waals surface area contributed by atoms with Crippen molar-refractivity contribution in [3.8, 4) is 0 Å². The Labute approximate surface area is 237 Å². The van der Waals surface area contributed by atoms with Crippen LogP contribution in [0.15, 0.2) is 12.7 Å². The fraction of sp³-hybridized carbons (Fsp3) is 0.828. The summed E-state index contributed by atoms with van der Waals surface area (Å²) < 4.78 is 10.5. The van der Waals surface area contributed by atoms with E-state index in [0.717, 1.165) is 31.8 Å². The van der Waals surface area contributed by atoms with Crippen LogP contribution < -0.4 is 5.73 Å². The van der Waals surface area contributed by atoms with Crippen LogP contribution in [0, 0.1) is 0 Å². The summed E-state index contributed by atoms with van der Waals surface area (Å²) in [4.78, 5) is 32.9. The molecule has 0 atom stereocenters. The molecule has 0 aromatic carbocycles. The maximum Gasteiger partial charge on any atom is 0.305 e. The van der Waals surface area contributed by atoms with Crippen molar-refractivity contribution < 1.29 is 46.2 Å². The molecule has 0 spiro atoms. The standard InChI is InChI=1S/C26H50O4.C3H5NO.Ag/c1-3-5-7-9-11-13-15-19-23-29-25(27)21-17-18-22-26(28)30-24-20-16-14-12-10-8-6-4-2;1-2-3(4)5;/h3-24H2,1-2H3;2H,1H2,(H2,4,5);. The Morgan fingerprint density at radius 3 is 1.14 bits per heavy atom. The van der Waals surface area contributed by atoms with Gasteiger partial charge in [-0.25, -0.2) is 0 Å². The van der Waals surface area contributed by atoms with Crippen molar-refractivity contribution >= 4 is 17.8 Å². The third-order valence-corrected chi connectivity index (χ3v) is 5.73. The molecule has 0 rings (SSSR count). The smallest absolute Gasteiger partial charge is 0.305 e. The first kappa shape index (κ1) is 39.4. The molecule has 0 fully saturated rings. The Morgan fingerprint density at radius 2 is 0.861 bits per heavy atom. The van der Waals surface area contributed by atoms with E-state index in [-0.39, 0.29) is 34.3 Å². The molecule has 217 valence electrons. The summed E-state index contributed by atoms with van der Waals surface area (Å²) >= 11 is 0. The predicted octanol–water partition coefficient (Wildman–Crippen LogP) is 7.57. The van der Waals surface area contributed by atoms with Crippen molar-refractivity contribution in [2.24, 2.45) is 5.73 Å². The van der Waals surface area contributed by atoms with Crippen molar-refractivity contribution in [3.63, 3.8) is 0 Å². The van der Waals surface area contributed by atoms with Crippen LogP contribution in [0.3, 0.4) is 0 Å². The van der Waals surface area contributed by atoms with Crippen molar-refractivity contribution in [1.29, 1.82) is 0 Å². The quantitative estimate of drug-likeness (QED) is 0.0530. The van der Waals surface area contributed by atoms with E-state index in [2.05, 4.69) is 26.2 Å². The molecule has 0 bridgehead atoms. The van der Waals surface area contributed by atoms with E-state index < -0.39 is 5.91 Å². The number of ether oxygens (including phenoxy) is 2. The van der Waals surface area contributed by atoms with Crippen molar-refractivity contribution in [2.75, 3.05) is 13.2 Å². The summed E-state index contributed by atoms with van der Waals surface area (Å²) in [6.07, 6.45) is 23.1. The van der Waals surface area contributed by atoms with Gasteiger partial charge >= 0.3 is 11.9 Å². The van der Waals surface area contributed by atoms with Crippen LogP contribution in [0.2, 0.25) is 0 Å². The Morgan fingerprint density at radius 1 is 0.583 bits per heavy atom. The number of unbranched alkanes of at least 4 members (excludes halogenated alkanes) is 15. The molecule has 0 aliphatic carbocycles. The number of primary amides is 1. The molecule has 0 aliphatic heterocycles. The zero-order valence-corrected chi connectivity index (χ0v) is 24.7. The summed E-state index contributed by atoms with van der Waals surface area (Å²) in [6, 6.07) is 0. The Kier molecular flexibility index (Phi) is 37.1. The maximum atomic E-state index is 11.7. The summed E-state index contributed by atoms with van der Waals surface area (Å²) in [5, 5.41) is 0. The molecule has 0 aliphatic rings. The number of esters is 2. The molecule has 0 aromatic heterocycles. The van der Waals surface area contributed by atoms with Crippen LogP contribution in [-0.4, -0.2) is 31.1 Å². The van der Waals surface area contributed by atoms with Gasteiger partial charge in [0.1, 0.15) is 0 Å². The number of carbonyl (C=O) groups excluding carboxylic acids is 3. The van der Waals surface area contributed by atoms with E-state index in [1.165, 1.54) is 77.0 Å². The minimum Gasteiger partial charge on any atom is -0.466 e. The van der Waals surface area contributed by atoms with Crippen molar-refractivity contribution in [3.05, 3.63) is 12.7 Å². The topological polar surface area (TPSA) is 95.7 Å². The first-order valence-electron chi connectivity index (χ1n) is 14.2. The van der Waals surface area contributed by atoms with Crippen LogP contribution >= 0.6 is 0 Å². The van der Waals surface area contributed by atoms with Gasteiger partial charge in [0.15, 0.2) is 0 Å². The van der Waals surface area contributed by atoms with E-state index in [1.54, 1.807) is 0 Å². The number of nitrogens with two attached hydrogens (primary N) is 1. The number of rotatable bonds is 24. The van der Waals surface area contributed by atoms with Gasteiger partial charge in [0.25, 0.3) is 0 Å². The van der Waals surface area contributed by atoms with Crippen molar-refractivity contribution in [1.82, 2.24) is 0 Å². The predicted molar refractivity (Wildman–Crippen MR) is 145 cm³/mol. The minimum absolute atomic E-state index is 0. The second kappa shape index (κ2) is 33.9. The second-order valence-corrected chi connectivity index (χ2v) is 9.20. The third-order valence-electron chi connectivity index (χ3n) is 5.73. The van der Waals surface area contributed by atoms with Gasteiger partial charge in [-0.15, -0.1) is 0 Å². The number of carbonyl (C=O) groups is 3. The van der Waals surface area contributed by atoms with Gasteiger partial charge in [-0.2, -0.15) is 0 Å². The first-order valence-corrected chi connectivity index (χ1v) is 14.2. The Balaban J connectivity index is -0.00000164. The van der Waals surface area contributed by atoms with E-state index in [1.807, 2.05) is 0 Å². The Bertz CT molecular complexity index is 478. The number of hydrogen-bond acceptors (Lipinski definition) is 5. The van der Waals surface area contributed by atoms with Crippen LogP contribution in [-0.2, 0) is 46.2 Å². The fourth-order valence-corrected chi connectivity index (χ4v) is 3.53. The van der Waals surface area contributed by atoms with Crippen molar-refractivity contribution in [2.45, 2.75) is 142 Å². The largest absolute Gasteiger partial charge is 0.466 e. The van der Waals surface area contributed by atoms with Gasteiger partial charge in [-0.3, -0.25) is 14.4 Å². The molecule has 7 heteroatoms. The number of amides is 1. The molecule has 0 heterocycles. The molecule has 6 nitrogen and oxygen atoms in total. The van der Waals surface area contributed by atoms with Crippen LogP contribution in [0.1, 0.15) is 142 Å². The van der Waals surface area contributed by atoms with Gasteiger partial charge in [0.05, 0.1) is 13.2 Å². The Hall–Kier alpha value is -1.11. The third kappa shape index (κ3) is 37.4. The van der Waals surface area contributed by atoms with E-state index >= 15 is 0 Å². The van der Waals surface area contributed by atoms with Gasteiger partial charge in [0, 0.05) is 35.2 Å². The van der Waals surface area contributed by atoms with E-state index in [9.17, 15) is 14.4 Å². The molecular weight excluding hydrogens is 550 g/mol. The zero-order valence-electron chi connectivity index (χ0n) is 23.3. The average molecular weight is 606 g/mol. The summed E-state index contributed by atoms with van der Waals surface area (Å²) in [5.74, 6) is -0.750. The maximum absolute atomic E-state index is 11.7. The first-order chi connectivity index (χ1) is 17.0. The summed E-state index contributed by atoms with van der Waals surface area (Å²) in [7, 11) is 0. The zero-order chi connectivity index (χ0) is 26.4. The molecule has 1 radical (unpaired) electrons. The molecule has 0 unspecified atom stereocenters. The normalized spacial score (nSPS) is 9.94. The van der Waals surface area contributed by atoms with Gasteiger partial charge in [-0.05, 0) is 31.8 Å². The summed E-state index contributed by atoms with van der Waals surface area (Å²) in [6.45, 7) is 8.63. The van der Waals surface area contributed by atoms with E-state index in [4.69, 9.17) is 9.47 Å². The van der Waals surface area contributed by atoms with Crippen LogP contribution in [0.25, 0.3) is 0 Å². The fourth-order valence-electron chi connectivity index (χ4n) is 3.53. The molecule has 36 heavy (non-hydrogen) atoms. The molecular formula is C29H55AgNO5. The van der Waals surface area contributed by atoms with Crippen LogP contribution in [0.5, 0.6) is 0 Å². The minimum atomic E-state index is -0.481. The van der Waals surface area contributed by atoms with Crippen LogP contribution in [0.4, 0.5) is 0 Å². The molecule has 0 saturated heterocycles. The monoisotopic (exact) mass is 604 g/mol. The van der Waals surface area contributed by atoms with Gasteiger partial charge < -0.3 is 15.2 Å².